The van der Waals surface area contributed by atoms with Crippen molar-refractivity contribution in [1.82, 2.24) is 10.0 Å². The number of nitrogens with zero attached hydrogens (tertiary/aromatic N) is 2. The molecule has 2 aromatic rings. The molecule has 1 aromatic carbocycles. The quantitative estimate of drug-likeness (QED) is 0.624. The molecular weight excluding hydrogens is 453 g/mol. The van der Waals surface area contributed by atoms with Gasteiger partial charge < -0.3 is 4.74 Å². The molecular formula is C18H21BrFN3O4S. The maximum Gasteiger partial charge on any atom is 0.413 e. The molecule has 0 atom stereocenters. The predicted octanol–water partition coefficient (Wildman–Crippen LogP) is 4.90. The number of benzene rings is 1. The minimum absolute atomic E-state index is 0.126. The zero-order valence-corrected chi connectivity index (χ0v) is 18.5. The lowest BCUT2D eigenvalue weighted by atomic mass is 10.1. The first-order valence-electron chi connectivity index (χ1n) is 8.27. The number of halogens is 2. The number of anilines is 1. The molecule has 0 aliphatic carbocycles. The van der Waals surface area contributed by atoms with E-state index in [0.29, 0.717) is 5.56 Å². The monoisotopic (exact) mass is 473 g/mol. The maximum absolute atomic E-state index is 13.3. The second-order valence-electron chi connectivity index (χ2n) is 6.86. The lowest BCUT2D eigenvalue weighted by Gasteiger charge is -2.20. The van der Waals surface area contributed by atoms with E-state index in [4.69, 9.17) is 9.57 Å². The molecule has 0 fully saturated rings. The molecule has 7 nitrogen and oxygen atoms in total. The summed E-state index contributed by atoms with van der Waals surface area (Å²) in [7, 11) is 1.37. The molecule has 0 saturated heterocycles. The highest BCUT2D eigenvalue weighted by atomic mass is 79.9. The van der Waals surface area contributed by atoms with Crippen LogP contribution in [-0.2, 0) is 16.1 Å². The van der Waals surface area contributed by atoms with Crippen LogP contribution in [0.5, 0.6) is 0 Å². The number of thiazole rings is 1. The van der Waals surface area contributed by atoms with Gasteiger partial charge in [-0.05, 0) is 66.9 Å². The summed E-state index contributed by atoms with van der Waals surface area (Å²) in [6.45, 7) is 7.11. The molecule has 2 rings (SSSR count). The number of hydroxylamine groups is 2. The highest BCUT2D eigenvalue weighted by Gasteiger charge is 2.25. The van der Waals surface area contributed by atoms with Gasteiger partial charge in [-0.2, -0.15) is 0 Å². The van der Waals surface area contributed by atoms with Crippen LogP contribution in [0.4, 0.5) is 14.3 Å². The van der Waals surface area contributed by atoms with Crippen LogP contribution in [0.1, 0.15) is 41.6 Å². The summed E-state index contributed by atoms with van der Waals surface area (Å²) >= 11 is 4.21. The van der Waals surface area contributed by atoms with Crippen molar-refractivity contribution in [2.45, 2.75) is 39.8 Å². The topological polar surface area (TPSA) is 80.8 Å². The summed E-state index contributed by atoms with van der Waals surface area (Å²) in [6, 6.07) is 4.31. The van der Waals surface area contributed by atoms with Crippen LogP contribution in [0.2, 0.25) is 0 Å². The molecule has 0 spiro atoms. The van der Waals surface area contributed by atoms with Gasteiger partial charge in [-0.1, -0.05) is 17.4 Å². The molecule has 0 aliphatic rings. The van der Waals surface area contributed by atoms with E-state index in [1.807, 2.05) is 0 Å². The van der Waals surface area contributed by atoms with E-state index >= 15 is 0 Å². The van der Waals surface area contributed by atoms with Crippen molar-refractivity contribution in [2.75, 3.05) is 12.4 Å². The van der Waals surface area contributed by atoms with Gasteiger partial charge >= 0.3 is 6.09 Å². The number of aromatic nitrogens is 1. The average molecular weight is 474 g/mol. The molecule has 1 N–H and O–H groups in total. The smallest absolute Gasteiger partial charge is 0.413 e. The molecule has 1 heterocycles. The number of aryl methyl sites for hydroxylation is 1. The van der Waals surface area contributed by atoms with E-state index in [1.165, 1.54) is 19.2 Å². The first kappa shape index (κ1) is 22.3. The lowest BCUT2D eigenvalue weighted by Crippen LogP contribution is -2.29. The highest BCUT2D eigenvalue weighted by Crippen LogP contribution is 2.29. The summed E-state index contributed by atoms with van der Waals surface area (Å²) in [5.74, 6) is -0.799. The molecule has 0 aliphatic heterocycles. The van der Waals surface area contributed by atoms with Crippen molar-refractivity contribution >= 4 is 44.4 Å². The van der Waals surface area contributed by atoms with Crippen molar-refractivity contribution in [3.8, 4) is 0 Å². The molecule has 2 amide bonds. The van der Waals surface area contributed by atoms with Gasteiger partial charge in [0.1, 0.15) is 20.9 Å². The number of nitrogens with one attached hydrogen (secondary N) is 1. The van der Waals surface area contributed by atoms with Crippen LogP contribution in [0.3, 0.4) is 0 Å². The lowest BCUT2D eigenvalue weighted by molar-refractivity contribution is -0.101. The van der Waals surface area contributed by atoms with E-state index in [-0.39, 0.29) is 27.0 Å². The Morgan fingerprint density at radius 3 is 2.61 bits per heavy atom. The van der Waals surface area contributed by atoms with E-state index in [0.717, 1.165) is 22.0 Å². The fourth-order valence-electron chi connectivity index (χ4n) is 2.20. The summed E-state index contributed by atoms with van der Waals surface area (Å²) in [4.78, 5) is 34.3. The highest BCUT2D eigenvalue weighted by molar-refractivity contribution is 9.10. The number of ether oxygens (including phenoxy) is 1. The summed E-state index contributed by atoms with van der Waals surface area (Å²) in [5, 5.41) is 3.84. The van der Waals surface area contributed by atoms with Crippen LogP contribution in [0.15, 0.2) is 22.8 Å². The van der Waals surface area contributed by atoms with E-state index in [1.54, 1.807) is 33.8 Å². The third kappa shape index (κ3) is 5.98. The molecule has 0 radical (unpaired) electrons. The largest absolute Gasteiger partial charge is 0.444 e. The average Bonchev–Trinajstić information content (AvgIpc) is 2.92. The van der Waals surface area contributed by atoms with Gasteiger partial charge in [0.2, 0.25) is 0 Å². The Balaban J connectivity index is 2.15. The zero-order chi connectivity index (χ0) is 21.1. The molecule has 28 heavy (non-hydrogen) atoms. The molecule has 152 valence electrons. The molecule has 0 saturated carbocycles. The summed E-state index contributed by atoms with van der Waals surface area (Å²) in [6.07, 6.45) is -0.668. The SMILES string of the molecule is CON(Cc1ccc(F)cc1C)C(=O)c1sc(NC(=O)OC(C)(C)C)nc1Br. The third-order valence-corrected chi connectivity index (χ3v) is 5.25. The molecule has 0 unspecified atom stereocenters. The van der Waals surface area contributed by atoms with E-state index < -0.39 is 17.6 Å². The van der Waals surface area contributed by atoms with Crippen molar-refractivity contribution in [1.29, 1.82) is 0 Å². The van der Waals surface area contributed by atoms with Crippen molar-refractivity contribution in [2.24, 2.45) is 0 Å². The number of carbonyl (C=O) groups is 2. The molecule has 0 bridgehead atoms. The first-order valence-corrected chi connectivity index (χ1v) is 9.88. The fourth-order valence-corrected chi connectivity index (χ4v) is 3.69. The zero-order valence-electron chi connectivity index (χ0n) is 16.1. The second kappa shape index (κ2) is 8.97. The molecule has 1 aromatic heterocycles. The maximum atomic E-state index is 13.3. The number of hydrogen-bond acceptors (Lipinski definition) is 6. The van der Waals surface area contributed by atoms with Crippen molar-refractivity contribution in [3.05, 3.63) is 44.6 Å². The summed E-state index contributed by atoms with van der Waals surface area (Å²) < 4.78 is 18.7. The number of carbonyl (C=O) groups excluding carboxylic acids is 2. The Morgan fingerprint density at radius 2 is 2.04 bits per heavy atom. The van der Waals surface area contributed by atoms with Gasteiger partial charge in [0.05, 0.1) is 13.7 Å². The van der Waals surface area contributed by atoms with Crippen molar-refractivity contribution in [3.63, 3.8) is 0 Å². The Morgan fingerprint density at radius 1 is 1.36 bits per heavy atom. The minimum Gasteiger partial charge on any atom is -0.444 e. The van der Waals surface area contributed by atoms with Gasteiger partial charge in [-0.25, -0.2) is 19.2 Å². The minimum atomic E-state index is -0.668. The predicted molar refractivity (Wildman–Crippen MR) is 108 cm³/mol. The van der Waals surface area contributed by atoms with Crippen LogP contribution in [-0.4, -0.2) is 34.8 Å². The Labute approximate surface area is 174 Å². The summed E-state index contributed by atoms with van der Waals surface area (Å²) in [5.41, 5.74) is 0.784. The fraction of sp³-hybridized carbons (Fsp3) is 0.389. The van der Waals surface area contributed by atoms with Gasteiger partial charge in [-0.15, -0.1) is 0 Å². The van der Waals surface area contributed by atoms with Gasteiger partial charge in [-0.3, -0.25) is 14.9 Å². The van der Waals surface area contributed by atoms with Gasteiger partial charge in [0.25, 0.3) is 5.91 Å². The van der Waals surface area contributed by atoms with E-state index in [2.05, 4.69) is 26.2 Å². The number of rotatable bonds is 5. The third-order valence-electron chi connectivity index (χ3n) is 3.45. The van der Waals surface area contributed by atoms with Crippen LogP contribution < -0.4 is 5.32 Å². The Hall–Kier alpha value is -2.04. The second-order valence-corrected chi connectivity index (χ2v) is 8.61. The van der Waals surface area contributed by atoms with Crippen LogP contribution in [0, 0.1) is 12.7 Å². The number of hydrogen-bond donors (Lipinski definition) is 1. The van der Waals surface area contributed by atoms with Crippen LogP contribution >= 0.6 is 27.3 Å². The first-order chi connectivity index (χ1) is 13.0. The Bertz CT molecular complexity index is 882. The normalized spacial score (nSPS) is 11.2. The van der Waals surface area contributed by atoms with Crippen molar-refractivity contribution < 1.29 is 23.6 Å². The van der Waals surface area contributed by atoms with E-state index in [9.17, 15) is 14.0 Å². The van der Waals surface area contributed by atoms with Gasteiger partial charge in [0, 0.05) is 0 Å². The van der Waals surface area contributed by atoms with Gasteiger partial charge in [0.15, 0.2) is 5.13 Å². The van der Waals surface area contributed by atoms with Crippen LogP contribution in [0.25, 0.3) is 0 Å². The number of amides is 2. The standard InChI is InChI=1S/C18H21BrFN3O4S/c1-10-8-12(20)7-6-11(10)9-23(26-5)15(24)13-14(19)21-16(28-13)22-17(25)27-18(2,3)4/h6-8H,9H2,1-5H3,(H,21,22,25). The molecule has 10 heteroatoms. The Kier molecular flexibility index (Phi) is 7.13.